The van der Waals surface area contributed by atoms with Crippen LogP contribution in [0.25, 0.3) is 0 Å². The monoisotopic (exact) mass is 536 g/mol. The number of guanidine groups is 1. The number of thiophene rings is 1. The molecule has 0 atom stereocenters. The van der Waals surface area contributed by atoms with Gasteiger partial charge < -0.3 is 10.2 Å². The third kappa shape index (κ3) is 6.43. The molecule has 9 heteroatoms. The van der Waals surface area contributed by atoms with Crippen LogP contribution < -0.4 is 5.32 Å². The van der Waals surface area contributed by atoms with Crippen molar-refractivity contribution in [2.24, 2.45) is 4.99 Å². The Kier molecular flexibility index (Phi) is 9.88. The summed E-state index contributed by atoms with van der Waals surface area (Å²) in [6.07, 6.45) is 1.03. The second-order valence-electron chi connectivity index (χ2n) is 6.44. The van der Waals surface area contributed by atoms with E-state index in [0.29, 0.717) is 10.8 Å². The van der Waals surface area contributed by atoms with E-state index >= 15 is 0 Å². The molecular weight excluding hydrogens is 507 g/mol. The maximum atomic E-state index is 12.2. The number of aliphatic imine (C=N–C) groups is 1. The summed E-state index contributed by atoms with van der Waals surface area (Å²) in [4.78, 5) is 7.32. The van der Waals surface area contributed by atoms with Gasteiger partial charge in [-0.15, -0.1) is 35.3 Å². The average molecular weight is 537 g/mol. The van der Waals surface area contributed by atoms with E-state index < -0.39 is 10.0 Å². The van der Waals surface area contributed by atoms with Gasteiger partial charge in [-0.2, -0.15) is 0 Å². The molecule has 156 valence electrons. The molecule has 0 radical (unpaired) electrons. The summed E-state index contributed by atoms with van der Waals surface area (Å²) < 4.78 is 25.9. The number of aryl methyl sites for hydroxylation is 1. The maximum absolute atomic E-state index is 12.2. The molecule has 6 nitrogen and oxygen atoms in total. The van der Waals surface area contributed by atoms with E-state index in [9.17, 15) is 8.42 Å². The van der Waals surface area contributed by atoms with Crippen LogP contribution in [0.3, 0.4) is 0 Å². The van der Waals surface area contributed by atoms with Gasteiger partial charge in [-0.3, -0.25) is 4.99 Å². The predicted molar refractivity (Wildman–Crippen MR) is 128 cm³/mol. The van der Waals surface area contributed by atoms with E-state index in [0.717, 1.165) is 23.8 Å². The first-order chi connectivity index (χ1) is 12.8. The van der Waals surface area contributed by atoms with Crippen LogP contribution in [0.5, 0.6) is 0 Å². The number of halogens is 1. The third-order valence-electron chi connectivity index (χ3n) is 4.22. The molecule has 1 aromatic heterocycles. The maximum Gasteiger partial charge on any atom is 0.252 e. The highest BCUT2D eigenvalue weighted by Crippen LogP contribution is 2.23. The number of sulfonamides is 1. The zero-order valence-electron chi connectivity index (χ0n) is 17.0. The third-order valence-corrected chi connectivity index (χ3v) is 7.58. The summed E-state index contributed by atoms with van der Waals surface area (Å²) in [5, 5.41) is 3.30. The number of nitrogens with zero attached hydrogens (tertiary/aromatic N) is 3. The van der Waals surface area contributed by atoms with Gasteiger partial charge in [-0.05, 0) is 29.7 Å². The molecule has 1 heterocycles. The first kappa shape index (κ1) is 24.9. The number of hydrogen-bond acceptors (Lipinski definition) is 4. The van der Waals surface area contributed by atoms with Gasteiger partial charge in [0, 0.05) is 39.6 Å². The first-order valence-corrected chi connectivity index (χ1v) is 11.0. The van der Waals surface area contributed by atoms with Gasteiger partial charge in [-0.25, -0.2) is 12.7 Å². The minimum atomic E-state index is -3.38. The highest BCUT2D eigenvalue weighted by atomic mass is 127. The van der Waals surface area contributed by atoms with Crippen molar-refractivity contribution >= 4 is 51.3 Å². The molecular formula is C19H29IN4O2S2. The van der Waals surface area contributed by atoms with Gasteiger partial charge in [0.25, 0.3) is 10.0 Å². The Hall–Kier alpha value is -1.17. The highest BCUT2D eigenvalue weighted by molar-refractivity contribution is 14.0. The summed E-state index contributed by atoms with van der Waals surface area (Å²) in [6.45, 7) is 3.42. The van der Waals surface area contributed by atoms with E-state index in [1.165, 1.54) is 40.9 Å². The van der Waals surface area contributed by atoms with Crippen molar-refractivity contribution in [3.05, 3.63) is 52.4 Å². The fraction of sp³-hybridized carbons (Fsp3) is 0.421. The van der Waals surface area contributed by atoms with Gasteiger partial charge >= 0.3 is 0 Å². The molecule has 0 saturated heterocycles. The highest BCUT2D eigenvalue weighted by Gasteiger charge is 2.19. The van der Waals surface area contributed by atoms with E-state index in [4.69, 9.17) is 0 Å². The second kappa shape index (κ2) is 11.1. The largest absolute Gasteiger partial charge is 0.351 e. The Morgan fingerprint density at radius 2 is 1.68 bits per heavy atom. The van der Waals surface area contributed by atoms with Crippen molar-refractivity contribution in [2.75, 3.05) is 28.2 Å². The van der Waals surface area contributed by atoms with Crippen molar-refractivity contribution in [1.82, 2.24) is 14.5 Å². The van der Waals surface area contributed by atoms with E-state index in [-0.39, 0.29) is 24.0 Å². The Morgan fingerprint density at radius 1 is 1.07 bits per heavy atom. The second-order valence-corrected chi connectivity index (χ2v) is 9.98. The van der Waals surface area contributed by atoms with Crippen molar-refractivity contribution in [3.8, 4) is 0 Å². The molecule has 0 bridgehead atoms. The standard InChI is InChI=1S/C19H28N4O2S2.HI/c1-6-15-7-9-16(10-8-15)14-23(5)19(20-2)21-13-17-11-12-18(26-17)27(24,25)22(3)4;/h7-12H,6,13-14H2,1-5H3,(H,20,21);1H. The van der Waals surface area contributed by atoms with Gasteiger partial charge in [0.2, 0.25) is 0 Å². The van der Waals surface area contributed by atoms with Gasteiger partial charge in [0.15, 0.2) is 5.96 Å². The van der Waals surface area contributed by atoms with E-state index in [1.807, 2.05) is 18.0 Å². The molecule has 1 aromatic carbocycles. The van der Waals surface area contributed by atoms with Crippen molar-refractivity contribution in [2.45, 2.75) is 30.6 Å². The lowest BCUT2D eigenvalue weighted by molar-refractivity contribution is 0.477. The molecule has 0 fully saturated rings. The van der Waals surface area contributed by atoms with Crippen LogP contribution in [0.1, 0.15) is 22.9 Å². The summed E-state index contributed by atoms with van der Waals surface area (Å²) in [6, 6.07) is 12.1. The van der Waals surface area contributed by atoms with Crippen LogP contribution in [-0.4, -0.2) is 51.8 Å². The van der Waals surface area contributed by atoms with E-state index in [2.05, 4.69) is 41.5 Å². The number of hydrogen-bond donors (Lipinski definition) is 1. The lowest BCUT2D eigenvalue weighted by atomic mass is 10.1. The van der Waals surface area contributed by atoms with Crippen molar-refractivity contribution in [1.29, 1.82) is 0 Å². The van der Waals surface area contributed by atoms with E-state index in [1.54, 1.807) is 13.1 Å². The molecule has 2 rings (SSSR count). The summed E-state index contributed by atoms with van der Waals surface area (Å²) in [5.74, 6) is 0.764. The molecule has 0 aliphatic rings. The van der Waals surface area contributed by atoms with Crippen molar-refractivity contribution in [3.63, 3.8) is 0 Å². The van der Waals surface area contributed by atoms with Crippen LogP contribution >= 0.6 is 35.3 Å². The Labute approximate surface area is 189 Å². The zero-order chi connectivity index (χ0) is 20.0. The SMILES string of the molecule is CCc1ccc(CN(C)C(=NC)NCc2ccc(S(=O)(=O)N(C)C)s2)cc1.I. The van der Waals surface area contributed by atoms with Crippen molar-refractivity contribution < 1.29 is 8.42 Å². The lowest BCUT2D eigenvalue weighted by Gasteiger charge is -2.22. The summed E-state index contributed by atoms with van der Waals surface area (Å²) in [5.41, 5.74) is 2.54. The van der Waals surface area contributed by atoms with Crippen LogP contribution in [0.4, 0.5) is 0 Å². The summed E-state index contributed by atoms with van der Waals surface area (Å²) in [7, 11) is 3.43. The van der Waals surface area contributed by atoms with Gasteiger partial charge in [0.05, 0.1) is 6.54 Å². The Morgan fingerprint density at radius 3 is 2.21 bits per heavy atom. The zero-order valence-corrected chi connectivity index (χ0v) is 20.9. The molecule has 2 aromatic rings. The first-order valence-electron chi connectivity index (χ1n) is 8.78. The molecule has 0 amide bonds. The Bertz CT molecular complexity index is 878. The number of rotatable bonds is 7. The minimum absolute atomic E-state index is 0. The quantitative estimate of drug-likeness (QED) is 0.335. The number of nitrogens with one attached hydrogen (secondary N) is 1. The lowest BCUT2D eigenvalue weighted by Crippen LogP contribution is -2.37. The molecule has 28 heavy (non-hydrogen) atoms. The number of benzene rings is 1. The van der Waals surface area contributed by atoms with Crippen LogP contribution in [0.15, 0.2) is 45.6 Å². The fourth-order valence-corrected chi connectivity index (χ4v) is 5.02. The molecule has 1 N–H and O–H groups in total. The van der Waals surface area contributed by atoms with Crippen LogP contribution in [0.2, 0.25) is 0 Å². The van der Waals surface area contributed by atoms with Crippen LogP contribution in [-0.2, 0) is 29.5 Å². The fourth-order valence-electron chi connectivity index (χ4n) is 2.55. The molecule has 0 aliphatic heterocycles. The predicted octanol–water partition coefficient (Wildman–Crippen LogP) is 3.39. The molecule has 0 aliphatic carbocycles. The average Bonchev–Trinajstić information content (AvgIpc) is 3.12. The molecule has 0 unspecified atom stereocenters. The Balaban J connectivity index is 0.00000392. The van der Waals surface area contributed by atoms with Gasteiger partial charge in [0.1, 0.15) is 4.21 Å². The normalized spacial score (nSPS) is 12.0. The smallest absolute Gasteiger partial charge is 0.252 e. The topological polar surface area (TPSA) is 65.0 Å². The summed E-state index contributed by atoms with van der Waals surface area (Å²) >= 11 is 1.27. The van der Waals surface area contributed by atoms with Crippen LogP contribution in [0, 0.1) is 0 Å². The van der Waals surface area contributed by atoms with Gasteiger partial charge in [-0.1, -0.05) is 31.2 Å². The minimum Gasteiger partial charge on any atom is -0.351 e. The molecule has 0 saturated carbocycles. The molecule has 0 spiro atoms.